The first-order valence-electron chi connectivity index (χ1n) is 11.8. The highest BCUT2D eigenvalue weighted by Gasteiger charge is 2.39. The lowest BCUT2D eigenvalue weighted by molar-refractivity contribution is -0.146. The zero-order valence-electron chi connectivity index (χ0n) is 19.4. The van der Waals surface area contributed by atoms with Crippen LogP contribution in [0.25, 0.3) is 0 Å². The predicted molar refractivity (Wildman–Crippen MR) is 134 cm³/mol. The van der Waals surface area contributed by atoms with Crippen LogP contribution in [0.3, 0.4) is 0 Å². The Bertz CT molecular complexity index is 985. The molecule has 6 nitrogen and oxygen atoms in total. The standard InChI is InChI=1S/C26H32Cl2N2O4/c1-18-2-4-19(5-3-18)24(25(31)32)30-14-10-26(33,11-15-30)17-29-12-8-20(9-13-29)34-21-6-7-22(27)23(28)16-21/h2-7,16,20,24,33H,8-15,17H2,1H3,(H,31,32). The number of rotatable bonds is 7. The second kappa shape index (κ2) is 10.8. The number of nitrogens with zero attached hydrogens (tertiary/aromatic N) is 2. The van der Waals surface area contributed by atoms with Crippen molar-refractivity contribution in [2.24, 2.45) is 0 Å². The minimum Gasteiger partial charge on any atom is -0.490 e. The Hall–Kier alpha value is -1.83. The number of halogens is 2. The smallest absolute Gasteiger partial charge is 0.325 e. The zero-order chi connectivity index (χ0) is 24.3. The number of β-amino-alcohol motifs (C(OH)–C–C–N with tert-alkyl or cyclic N) is 1. The zero-order valence-corrected chi connectivity index (χ0v) is 20.9. The Morgan fingerprint density at radius 1 is 1.06 bits per heavy atom. The number of ether oxygens (including phenoxy) is 1. The van der Waals surface area contributed by atoms with Gasteiger partial charge in [0.1, 0.15) is 17.9 Å². The molecule has 0 bridgehead atoms. The number of carbonyl (C=O) groups is 1. The van der Waals surface area contributed by atoms with Gasteiger partial charge in [-0.15, -0.1) is 0 Å². The first kappa shape index (κ1) is 25.3. The molecule has 34 heavy (non-hydrogen) atoms. The maximum Gasteiger partial charge on any atom is 0.325 e. The Morgan fingerprint density at radius 2 is 1.71 bits per heavy atom. The molecule has 2 aliphatic rings. The van der Waals surface area contributed by atoms with Gasteiger partial charge in [0, 0.05) is 38.8 Å². The molecule has 2 N–H and O–H groups in total. The maximum atomic E-state index is 12.0. The van der Waals surface area contributed by atoms with Gasteiger partial charge >= 0.3 is 5.97 Å². The number of benzene rings is 2. The van der Waals surface area contributed by atoms with Crippen molar-refractivity contribution in [3.63, 3.8) is 0 Å². The lowest BCUT2D eigenvalue weighted by atomic mass is 9.88. The van der Waals surface area contributed by atoms with Gasteiger partial charge in [-0.1, -0.05) is 53.0 Å². The first-order valence-corrected chi connectivity index (χ1v) is 12.6. The van der Waals surface area contributed by atoms with Crippen LogP contribution in [0, 0.1) is 6.92 Å². The van der Waals surface area contributed by atoms with Crippen molar-refractivity contribution in [1.82, 2.24) is 9.80 Å². The molecule has 2 aromatic rings. The number of aryl methyl sites for hydroxylation is 1. The Kier molecular flexibility index (Phi) is 8.05. The van der Waals surface area contributed by atoms with Crippen molar-refractivity contribution in [3.8, 4) is 5.75 Å². The molecule has 2 fully saturated rings. The molecule has 0 spiro atoms. The molecule has 0 aromatic heterocycles. The van der Waals surface area contributed by atoms with Crippen molar-refractivity contribution in [3.05, 3.63) is 63.6 Å². The molecule has 0 radical (unpaired) electrons. The number of likely N-dealkylation sites (tertiary alicyclic amines) is 2. The van der Waals surface area contributed by atoms with Gasteiger partial charge in [-0.25, -0.2) is 0 Å². The molecule has 0 amide bonds. The third-order valence-corrected chi connectivity index (χ3v) is 7.71. The van der Waals surface area contributed by atoms with Crippen LogP contribution in [0.5, 0.6) is 5.75 Å². The van der Waals surface area contributed by atoms with Gasteiger partial charge in [0.2, 0.25) is 0 Å². The summed E-state index contributed by atoms with van der Waals surface area (Å²) in [6.45, 7) is 5.39. The van der Waals surface area contributed by atoms with Crippen molar-refractivity contribution in [1.29, 1.82) is 0 Å². The largest absolute Gasteiger partial charge is 0.490 e. The van der Waals surface area contributed by atoms with E-state index in [4.69, 9.17) is 27.9 Å². The minimum absolute atomic E-state index is 0.107. The average molecular weight is 507 g/mol. The number of aliphatic carboxylic acids is 1. The number of hydrogen-bond acceptors (Lipinski definition) is 5. The summed E-state index contributed by atoms with van der Waals surface area (Å²) in [4.78, 5) is 16.3. The summed E-state index contributed by atoms with van der Waals surface area (Å²) >= 11 is 12.1. The van der Waals surface area contributed by atoms with E-state index in [2.05, 4.69) is 4.90 Å². The molecule has 2 aromatic carbocycles. The van der Waals surface area contributed by atoms with Crippen LogP contribution in [0.2, 0.25) is 10.0 Å². The van der Waals surface area contributed by atoms with Crippen molar-refractivity contribution >= 4 is 29.2 Å². The number of carboxylic acids is 1. The fraction of sp³-hybridized carbons (Fsp3) is 0.500. The average Bonchev–Trinajstić information content (AvgIpc) is 2.80. The molecular weight excluding hydrogens is 475 g/mol. The summed E-state index contributed by atoms with van der Waals surface area (Å²) in [5.74, 6) is -0.126. The van der Waals surface area contributed by atoms with Gasteiger partial charge in [0.25, 0.3) is 0 Å². The van der Waals surface area contributed by atoms with E-state index in [1.54, 1.807) is 12.1 Å². The highest BCUT2D eigenvalue weighted by Crippen LogP contribution is 2.32. The number of carboxylic acid groups (broad SMARTS) is 1. The highest BCUT2D eigenvalue weighted by molar-refractivity contribution is 6.42. The third kappa shape index (κ3) is 6.23. The lowest BCUT2D eigenvalue weighted by Gasteiger charge is -2.44. The van der Waals surface area contributed by atoms with Gasteiger partial charge in [-0.3, -0.25) is 9.69 Å². The molecule has 184 valence electrons. The van der Waals surface area contributed by atoms with E-state index in [1.165, 1.54) is 0 Å². The summed E-state index contributed by atoms with van der Waals surface area (Å²) in [6, 6.07) is 12.3. The van der Waals surface area contributed by atoms with E-state index >= 15 is 0 Å². The van der Waals surface area contributed by atoms with Crippen LogP contribution in [0.4, 0.5) is 0 Å². The van der Waals surface area contributed by atoms with E-state index in [-0.39, 0.29) is 6.10 Å². The molecule has 4 rings (SSSR count). The number of aliphatic hydroxyl groups is 1. The van der Waals surface area contributed by atoms with Gasteiger partial charge < -0.3 is 19.8 Å². The van der Waals surface area contributed by atoms with Gasteiger partial charge in [-0.05, 0) is 50.3 Å². The van der Waals surface area contributed by atoms with Gasteiger partial charge in [-0.2, -0.15) is 0 Å². The van der Waals surface area contributed by atoms with E-state index < -0.39 is 17.6 Å². The minimum atomic E-state index is -0.849. The maximum absolute atomic E-state index is 12.0. The monoisotopic (exact) mass is 506 g/mol. The van der Waals surface area contributed by atoms with Crippen LogP contribution < -0.4 is 4.74 Å². The molecule has 0 saturated carbocycles. The van der Waals surface area contributed by atoms with E-state index in [1.807, 2.05) is 42.2 Å². The molecular formula is C26H32Cl2N2O4. The summed E-state index contributed by atoms with van der Waals surface area (Å²) in [6.07, 6.45) is 2.97. The normalized spacial score (nSPS) is 20.7. The topological polar surface area (TPSA) is 73.2 Å². The van der Waals surface area contributed by atoms with Crippen LogP contribution in [0.1, 0.15) is 42.9 Å². The molecule has 8 heteroatoms. The SMILES string of the molecule is Cc1ccc(C(C(=O)O)N2CCC(O)(CN3CCC(Oc4ccc(Cl)c(Cl)c4)CC3)CC2)cc1. The van der Waals surface area contributed by atoms with Gasteiger partial charge in [0.05, 0.1) is 15.6 Å². The second-order valence-electron chi connectivity index (χ2n) is 9.58. The van der Waals surface area contributed by atoms with Crippen molar-refractivity contribution in [2.75, 3.05) is 32.7 Å². The second-order valence-corrected chi connectivity index (χ2v) is 10.4. The van der Waals surface area contributed by atoms with Crippen LogP contribution in [-0.4, -0.2) is 70.4 Å². The van der Waals surface area contributed by atoms with Crippen LogP contribution in [0.15, 0.2) is 42.5 Å². The first-order chi connectivity index (χ1) is 16.2. The van der Waals surface area contributed by atoms with Crippen LogP contribution in [-0.2, 0) is 4.79 Å². The third-order valence-electron chi connectivity index (χ3n) is 6.97. The van der Waals surface area contributed by atoms with Crippen molar-refractivity contribution in [2.45, 2.75) is 50.4 Å². The van der Waals surface area contributed by atoms with E-state index in [0.29, 0.717) is 42.5 Å². The Labute approximate surface area is 211 Å². The van der Waals surface area contributed by atoms with Gasteiger partial charge in [0.15, 0.2) is 0 Å². The summed E-state index contributed by atoms with van der Waals surface area (Å²) < 4.78 is 6.07. The fourth-order valence-electron chi connectivity index (χ4n) is 4.96. The summed E-state index contributed by atoms with van der Waals surface area (Å²) in [7, 11) is 0. The van der Waals surface area contributed by atoms with Crippen molar-refractivity contribution < 1.29 is 19.7 Å². The molecule has 1 atom stereocenters. The summed E-state index contributed by atoms with van der Waals surface area (Å²) in [5, 5.41) is 22.1. The van der Waals surface area contributed by atoms with E-state index in [0.717, 1.165) is 42.8 Å². The predicted octanol–water partition coefficient (Wildman–Crippen LogP) is 4.80. The molecule has 0 aliphatic carbocycles. The Balaban J connectivity index is 1.27. The Morgan fingerprint density at radius 3 is 2.29 bits per heavy atom. The molecule has 2 aliphatic heterocycles. The van der Waals surface area contributed by atoms with Crippen LogP contribution >= 0.6 is 23.2 Å². The number of hydrogen-bond donors (Lipinski definition) is 2. The van der Waals surface area contributed by atoms with E-state index in [9.17, 15) is 15.0 Å². The lowest BCUT2D eigenvalue weighted by Crippen LogP contribution is -2.53. The molecule has 2 heterocycles. The molecule has 2 saturated heterocycles. The highest BCUT2D eigenvalue weighted by atomic mass is 35.5. The summed E-state index contributed by atoms with van der Waals surface area (Å²) in [5.41, 5.74) is 1.09. The molecule has 1 unspecified atom stereocenters. The quantitative estimate of drug-likeness (QED) is 0.561. The fourth-order valence-corrected chi connectivity index (χ4v) is 5.25. The number of piperidine rings is 2.